The summed E-state index contributed by atoms with van der Waals surface area (Å²) < 4.78 is 8.07. The summed E-state index contributed by atoms with van der Waals surface area (Å²) in [5.41, 5.74) is 8.28. The molecule has 1 aliphatic carbocycles. The number of carbonyl (C=O) groups excluding carboxylic acids is 1. The molecule has 1 fully saturated rings. The molecule has 236 valence electrons. The van der Waals surface area contributed by atoms with Gasteiger partial charge in [0.1, 0.15) is 11.4 Å². The number of fused-ring (bicyclic) bond motifs is 2. The van der Waals surface area contributed by atoms with Gasteiger partial charge in [-0.3, -0.25) is 9.78 Å². The van der Waals surface area contributed by atoms with Crippen LogP contribution in [0.2, 0.25) is 0 Å². The van der Waals surface area contributed by atoms with Crippen LogP contribution in [-0.4, -0.2) is 54.5 Å². The number of pyridine rings is 1. The lowest BCUT2D eigenvalue weighted by Gasteiger charge is -2.23. The fraction of sp³-hybridized carbons (Fsp3) is 0.343. The van der Waals surface area contributed by atoms with Crippen molar-refractivity contribution in [1.29, 1.82) is 0 Å². The molecule has 2 unspecified atom stereocenters. The summed E-state index contributed by atoms with van der Waals surface area (Å²) in [5.74, 6) is 0.302. The number of hydrogen-bond donors (Lipinski definition) is 4. The maximum absolute atomic E-state index is 13.3. The minimum atomic E-state index is -1.05. The molecule has 11 heteroatoms. The number of imidazole rings is 1. The van der Waals surface area contributed by atoms with E-state index in [0.29, 0.717) is 30.2 Å². The zero-order valence-corrected chi connectivity index (χ0v) is 25.9. The van der Waals surface area contributed by atoms with E-state index in [1.165, 1.54) is 11.1 Å². The van der Waals surface area contributed by atoms with Gasteiger partial charge in [-0.1, -0.05) is 30.3 Å². The molecule has 3 aromatic heterocycles. The Bertz CT molecular complexity index is 1920. The van der Waals surface area contributed by atoms with Crippen LogP contribution >= 0.6 is 0 Å². The number of aromatic amines is 1. The van der Waals surface area contributed by atoms with Crippen molar-refractivity contribution in [3.05, 3.63) is 89.0 Å². The summed E-state index contributed by atoms with van der Waals surface area (Å²) in [6.45, 7) is 4.55. The molecule has 11 nitrogen and oxygen atoms in total. The Kier molecular flexibility index (Phi) is 8.00. The van der Waals surface area contributed by atoms with Crippen LogP contribution in [-0.2, 0) is 17.6 Å². The van der Waals surface area contributed by atoms with Crippen LogP contribution in [0, 0.1) is 6.92 Å². The van der Waals surface area contributed by atoms with Gasteiger partial charge < -0.3 is 25.5 Å². The van der Waals surface area contributed by atoms with E-state index in [9.17, 15) is 9.59 Å². The summed E-state index contributed by atoms with van der Waals surface area (Å²) in [6, 6.07) is 14.1. The van der Waals surface area contributed by atoms with Crippen molar-refractivity contribution in [3.63, 3.8) is 0 Å². The molecule has 4 heterocycles. The highest BCUT2D eigenvalue weighted by atomic mass is 16.5. The first-order chi connectivity index (χ1) is 22.4. The predicted molar refractivity (Wildman–Crippen MR) is 173 cm³/mol. The van der Waals surface area contributed by atoms with E-state index in [0.717, 1.165) is 65.3 Å². The van der Waals surface area contributed by atoms with Crippen molar-refractivity contribution in [1.82, 2.24) is 35.4 Å². The molecule has 0 saturated carbocycles. The van der Waals surface area contributed by atoms with E-state index in [1.54, 1.807) is 12.4 Å². The Morgan fingerprint density at radius 2 is 2.00 bits per heavy atom. The number of H-pyrrole nitrogens is 1. The van der Waals surface area contributed by atoms with Gasteiger partial charge >= 0.3 is 6.09 Å². The number of aryl methyl sites for hydroxylation is 1. The minimum Gasteiger partial charge on any atom is -0.465 e. The summed E-state index contributed by atoms with van der Waals surface area (Å²) in [7, 11) is 0. The third kappa shape index (κ3) is 5.74. The van der Waals surface area contributed by atoms with Gasteiger partial charge in [0, 0.05) is 36.0 Å². The Balaban J connectivity index is 1.23. The summed E-state index contributed by atoms with van der Waals surface area (Å²) in [5, 5.41) is 20.7. The molecule has 2 aliphatic rings. The molecule has 2 amide bonds. The molecular formula is C35H37N7O4. The van der Waals surface area contributed by atoms with Gasteiger partial charge in [-0.05, 0) is 92.3 Å². The number of rotatable bonds is 8. The smallest absolute Gasteiger partial charge is 0.404 e. The van der Waals surface area contributed by atoms with Crippen LogP contribution in [0.3, 0.4) is 0 Å². The highest BCUT2D eigenvalue weighted by molar-refractivity contribution is 5.97. The molecule has 46 heavy (non-hydrogen) atoms. The third-order valence-corrected chi connectivity index (χ3v) is 9.14. The van der Waals surface area contributed by atoms with Crippen LogP contribution in [0.4, 0.5) is 4.79 Å². The van der Waals surface area contributed by atoms with Gasteiger partial charge in [0.15, 0.2) is 12.1 Å². The third-order valence-electron chi connectivity index (χ3n) is 9.14. The van der Waals surface area contributed by atoms with Crippen molar-refractivity contribution in [2.24, 2.45) is 0 Å². The Labute approximate surface area is 266 Å². The van der Waals surface area contributed by atoms with E-state index < -0.39 is 6.09 Å². The van der Waals surface area contributed by atoms with Crippen molar-refractivity contribution >= 4 is 22.9 Å². The van der Waals surface area contributed by atoms with Gasteiger partial charge in [0.05, 0.1) is 17.8 Å². The Morgan fingerprint density at radius 3 is 2.83 bits per heavy atom. The van der Waals surface area contributed by atoms with Crippen molar-refractivity contribution in [3.8, 4) is 22.6 Å². The highest BCUT2D eigenvalue weighted by Crippen LogP contribution is 2.36. The van der Waals surface area contributed by atoms with Crippen LogP contribution < -0.4 is 10.6 Å². The van der Waals surface area contributed by atoms with Gasteiger partial charge in [-0.25, -0.2) is 14.5 Å². The van der Waals surface area contributed by atoms with Gasteiger partial charge in [0.25, 0.3) is 5.91 Å². The molecular weight excluding hydrogens is 582 g/mol. The van der Waals surface area contributed by atoms with Crippen LogP contribution in [0.5, 0.6) is 0 Å². The number of nitrogens with one attached hydrogen (secondary N) is 3. The first kappa shape index (κ1) is 29.7. The Hall–Kier alpha value is -5.03. The zero-order chi connectivity index (χ0) is 31.8. The fourth-order valence-corrected chi connectivity index (χ4v) is 6.78. The molecule has 7 rings (SSSR count). The number of benzene rings is 2. The lowest BCUT2D eigenvalue weighted by molar-refractivity contribution is -0.0365. The number of aromatic nitrogens is 5. The van der Waals surface area contributed by atoms with Gasteiger partial charge in [-0.15, -0.1) is 0 Å². The predicted octanol–water partition coefficient (Wildman–Crippen LogP) is 6.11. The van der Waals surface area contributed by atoms with Gasteiger partial charge in [-0.2, -0.15) is 5.10 Å². The number of carboxylic acid groups (broad SMARTS) is 1. The van der Waals surface area contributed by atoms with E-state index in [1.807, 2.05) is 42.9 Å². The molecule has 0 spiro atoms. The van der Waals surface area contributed by atoms with E-state index in [4.69, 9.17) is 14.9 Å². The molecule has 0 radical (unpaired) electrons. The standard InChI is InChI=1S/C35H37N7O4/c1-20(38-35(44)45)15-24-17-36-18-27(21(24)2)23-11-13-30-26(16-23)32(41-42(30)31-9-5-6-14-46-31)33-37-19-29(39-33)34(43)40-28-12-10-22-7-3-4-8-25(22)28/h3-4,7-8,11,13,16-20,28,31,38H,5-6,9-10,12,14-15H2,1-2H3,(H,37,39)(H,40,43)(H,44,45)/t20?,28-,31?/m0/s1. The second-order valence-electron chi connectivity index (χ2n) is 12.3. The fourth-order valence-electron chi connectivity index (χ4n) is 6.78. The minimum absolute atomic E-state index is 0.0306. The second-order valence-corrected chi connectivity index (χ2v) is 12.3. The maximum Gasteiger partial charge on any atom is 0.404 e. The normalized spacial score (nSPS) is 18.3. The molecule has 2 aromatic carbocycles. The maximum atomic E-state index is 13.3. The summed E-state index contributed by atoms with van der Waals surface area (Å²) in [6.07, 6.45) is 9.24. The quantitative estimate of drug-likeness (QED) is 0.164. The SMILES string of the molecule is Cc1c(CC(C)NC(=O)O)cncc1-c1ccc2c(c1)c(-c1ncc(C(=O)N[C@H]3CCc4ccccc43)[nH]1)nn2C1CCCCO1. The number of nitrogens with zero attached hydrogens (tertiary/aromatic N) is 4. The van der Waals surface area contributed by atoms with Crippen molar-refractivity contribution in [2.75, 3.05) is 6.61 Å². The van der Waals surface area contributed by atoms with E-state index >= 15 is 0 Å². The van der Waals surface area contributed by atoms with E-state index in [-0.39, 0.29) is 24.2 Å². The van der Waals surface area contributed by atoms with Gasteiger partial charge in [0.2, 0.25) is 0 Å². The summed E-state index contributed by atoms with van der Waals surface area (Å²) >= 11 is 0. The number of amides is 2. The number of hydrogen-bond acceptors (Lipinski definition) is 6. The number of carbonyl (C=O) groups is 2. The Morgan fingerprint density at radius 1 is 1.13 bits per heavy atom. The molecule has 3 atom stereocenters. The molecule has 4 N–H and O–H groups in total. The second kappa shape index (κ2) is 12.4. The average molecular weight is 620 g/mol. The summed E-state index contributed by atoms with van der Waals surface area (Å²) in [4.78, 5) is 36.9. The van der Waals surface area contributed by atoms with Crippen LogP contribution in [0.15, 0.2) is 61.1 Å². The largest absolute Gasteiger partial charge is 0.465 e. The molecule has 5 aromatic rings. The van der Waals surface area contributed by atoms with E-state index in [2.05, 4.69) is 49.9 Å². The van der Waals surface area contributed by atoms with Crippen LogP contribution in [0.1, 0.15) is 77.6 Å². The van der Waals surface area contributed by atoms with Crippen molar-refractivity contribution < 1.29 is 19.4 Å². The highest BCUT2D eigenvalue weighted by Gasteiger charge is 2.27. The molecule has 1 aliphatic heterocycles. The molecule has 1 saturated heterocycles. The van der Waals surface area contributed by atoms with Crippen molar-refractivity contribution in [2.45, 2.75) is 70.7 Å². The number of ether oxygens (including phenoxy) is 1. The lowest BCUT2D eigenvalue weighted by atomic mass is 9.95. The first-order valence-electron chi connectivity index (χ1n) is 15.9. The monoisotopic (exact) mass is 619 g/mol. The zero-order valence-electron chi connectivity index (χ0n) is 25.9. The molecule has 0 bridgehead atoms. The first-order valence-corrected chi connectivity index (χ1v) is 15.9. The average Bonchev–Trinajstić information content (AvgIpc) is 3.79. The van der Waals surface area contributed by atoms with Crippen LogP contribution in [0.25, 0.3) is 33.5 Å². The lowest BCUT2D eigenvalue weighted by Crippen LogP contribution is -2.32. The topological polar surface area (TPSA) is 147 Å².